The number of aromatic hydroxyl groups is 1. The summed E-state index contributed by atoms with van der Waals surface area (Å²) in [5, 5.41) is 25.2. The summed E-state index contributed by atoms with van der Waals surface area (Å²) in [5.74, 6) is -0.345. The highest BCUT2D eigenvalue weighted by Crippen LogP contribution is 2.33. The number of aliphatic imine (C=N–C) groups is 1. The van der Waals surface area contributed by atoms with Crippen LogP contribution < -0.4 is 5.32 Å². The van der Waals surface area contributed by atoms with Gasteiger partial charge in [-0.1, -0.05) is 36.4 Å². The molecule has 0 fully saturated rings. The Labute approximate surface area is 177 Å². The van der Waals surface area contributed by atoms with Gasteiger partial charge in [0.1, 0.15) is 0 Å². The van der Waals surface area contributed by atoms with E-state index in [0.29, 0.717) is 33.6 Å². The number of benzene rings is 3. The molecule has 0 atom stereocenters. The summed E-state index contributed by atoms with van der Waals surface area (Å²) in [4.78, 5) is 29.8. The van der Waals surface area contributed by atoms with Crippen LogP contribution in [0, 0.1) is 10.1 Å². The van der Waals surface area contributed by atoms with Gasteiger partial charge in [-0.3, -0.25) is 14.9 Å². The molecule has 0 spiro atoms. The molecule has 154 valence electrons. The molecular weight excluding hydrogens is 396 g/mol. The van der Waals surface area contributed by atoms with E-state index in [-0.39, 0.29) is 17.5 Å². The minimum absolute atomic E-state index is 0.0900. The van der Waals surface area contributed by atoms with Crippen molar-refractivity contribution in [3.05, 3.63) is 94.0 Å². The monoisotopic (exact) mass is 414 g/mol. The molecule has 4 aromatic rings. The fraction of sp³-hybridized carbons (Fsp3) is 0.0435. The topological polar surface area (TPSA) is 121 Å². The molecule has 8 nitrogen and oxygen atoms in total. The molecule has 0 aliphatic carbocycles. The highest BCUT2D eigenvalue weighted by Gasteiger charge is 2.20. The number of H-pyrrole nitrogens is 1. The Morgan fingerprint density at radius 2 is 1.84 bits per heavy atom. The molecule has 0 aliphatic heterocycles. The second-order valence-corrected chi connectivity index (χ2v) is 6.89. The normalized spacial score (nSPS) is 11.5. The lowest BCUT2D eigenvalue weighted by Gasteiger charge is -2.09. The third-order valence-corrected chi connectivity index (χ3v) is 4.66. The molecule has 8 heteroatoms. The third-order valence-electron chi connectivity index (χ3n) is 4.66. The molecule has 4 rings (SSSR count). The number of rotatable bonds is 5. The summed E-state index contributed by atoms with van der Waals surface area (Å²) in [6, 6.07) is 20.5. The van der Waals surface area contributed by atoms with Crippen LogP contribution in [-0.4, -0.2) is 26.6 Å². The molecule has 0 unspecified atom stereocenters. The van der Waals surface area contributed by atoms with E-state index < -0.39 is 4.92 Å². The van der Waals surface area contributed by atoms with Gasteiger partial charge in [-0.05, 0) is 24.3 Å². The predicted octanol–water partition coefficient (Wildman–Crippen LogP) is 4.91. The lowest BCUT2D eigenvalue weighted by atomic mass is 10.0. The number of carbonyl (C=O) groups excluding carboxylic acids is 1. The van der Waals surface area contributed by atoms with Gasteiger partial charge in [-0.15, -0.1) is 0 Å². The number of hydrogen-bond donors (Lipinski definition) is 3. The molecule has 3 aromatic carbocycles. The van der Waals surface area contributed by atoms with Gasteiger partial charge in [-0.2, -0.15) is 0 Å². The Kier molecular flexibility index (Phi) is 5.19. The average molecular weight is 414 g/mol. The van der Waals surface area contributed by atoms with E-state index in [2.05, 4.69) is 10.3 Å². The van der Waals surface area contributed by atoms with E-state index in [1.165, 1.54) is 19.1 Å². The number of non-ortho nitro benzene ring substituents is 1. The van der Waals surface area contributed by atoms with Crippen LogP contribution in [0.5, 0.6) is 5.88 Å². The first-order chi connectivity index (χ1) is 14.9. The van der Waals surface area contributed by atoms with E-state index in [1.807, 2.05) is 30.3 Å². The summed E-state index contributed by atoms with van der Waals surface area (Å²) >= 11 is 0. The van der Waals surface area contributed by atoms with Crippen LogP contribution in [0.3, 0.4) is 0 Å². The minimum Gasteiger partial charge on any atom is -0.494 e. The largest absolute Gasteiger partial charge is 0.494 e. The number of hydrogen-bond acceptors (Lipinski definition) is 5. The van der Waals surface area contributed by atoms with Crippen LogP contribution in [0.1, 0.15) is 18.1 Å². The van der Waals surface area contributed by atoms with Gasteiger partial charge in [0.15, 0.2) is 5.88 Å². The Hall–Kier alpha value is -4.46. The van der Waals surface area contributed by atoms with Gasteiger partial charge in [0.25, 0.3) is 5.69 Å². The molecule has 0 aliphatic rings. The molecule has 0 saturated heterocycles. The van der Waals surface area contributed by atoms with Gasteiger partial charge in [-0.25, -0.2) is 4.99 Å². The predicted molar refractivity (Wildman–Crippen MR) is 119 cm³/mol. The van der Waals surface area contributed by atoms with Gasteiger partial charge in [0, 0.05) is 41.2 Å². The molecule has 3 N–H and O–H groups in total. The van der Waals surface area contributed by atoms with Crippen LogP contribution in [-0.2, 0) is 4.79 Å². The van der Waals surface area contributed by atoms with Crippen molar-refractivity contribution in [1.29, 1.82) is 0 Å². The third kappa shape index (κ3) is 4.13. The van der Waals surface area contributed by atoms with Crippen molar-refractivity contribution in [3.63, 3.8) is 0 Å². The molecule has 1 heterocycles. The molecule has 1 aromatic heterocycles. The first-order valence-electron chi connectivity index (χ1n) is 9.43. The van der Waals surface area contributed by atoms with E-state index in [1.54, 1.807) is 30.3 Å². The Bertz CT molecular complexity index is 1330. The standard InChI is InChI=1S/C23H18N4O4/c1-14(28)24-16-8-5-9-17(12-16)25-22(15-6-3-2-4-7-15)21-19-13-18(27(30)31)10-11-20(19)26-23(21)29/h2-13,26,29H,1H3,(H,24,28). The zero-order chi connectivity index (χ0) is 22.0. The van der Waals surface area contributed by atoms with Crippen LogP contribution in [0.2, 0.25) is 0 Å². The molecule has 31 heavy (non-hydrogen) atoms. The smallest absolute Gasteiger partial charge is 0.270 e. The molecule has 1 amide bonds. The summed E-state index contributed by atoms with van der Waals surface area (Å²) in [6.07, 6.45) is 0. The maximum absolute atomic E-state index is 11.4. The van der Waals surface area contributed by atoms with Crippen LogP contribution in [0.15, 0.2) is 77.8 Å². The fourth-order valence-electron chi connectivity index (χ4n) is 3.37. The number of carbonyl (C=O) groups is 1. The van der Waals surface area contributed by atoms with Crippen molar-refractivity contribution in [2.75, 3.05) is 5.32 Å². The molecule has 0 radical (unpaired) electrons. The Balaban J connectivity index is 1.95. The van der Waals surface area contributed by atoms with Crippen LogP contribution >= 0.6 is 0 Å². The zero-order valence-electron chi connectivity index (χ0n) is 16.5. The van der Waals surface area contributed by atoms with Crippen LogP contribution in [0.4, 0.5) is 17.1 Å². The lowest BCUT2D eigenvalue weighted by molar-refractivity contribution is -0.384. The maximum Gasteiger partial charge on any atom is 0.270 e. The van der Waals surface area contributed by atoms with Gasteiger partial charge < -0.3 is 15.4 Å². The Morgan fingerprint density at radius 3 is 2.55 bits per heavy atom. The SMILES string of the molecule is CC(=O)Nc1cccc(N=C(c2ccccc2)c2c(O)[nH]c3ccc([N+](=O)[O-])cc23)c1. The second kappa shape index (κ2) is 8.11. The molecule has 0 bridgehead atoms. The number of amides is 1. The van der Waals surface area contributed by atoms with Crippen molar-refractivity contribution < 1.29 is 14.8 Å². The average Bonchev–Trinajstić information content (AvgIpc) is 3.07. The van der Waals surface area contributed by atoms with Crippen molar-refractivity contribution in [2.24, 2.45) is 4.99 Å². The number of nitro groups is 1. The van der Waals surface area contributed by atoms with E-state index in [0.717, 1.165) is 5.56 Å². The van der Waals surface area contributed by atoms with Gasteiger partial charge >= 0.3 is 0 Å². The number of nitrogens with zero attached hydrogens (tertiary/aromatic N) is 2. The van der Waals surface area contributed by atoms with Crippen molar-refractivity contribution >= 4 is 39.6 Å². The quantitative estimate of drug-likeness (QED) is 0.244. The van der Waals surface area contributed by atoms with E-state index in [9.17, 15) is 20.0 Å². The van der Waals surface area contributed by atoms with Crippen molar-refractivity contribution in [3.8, 4) is 5.88 Å². The summed E-state index contributed by atoms with van der Waals surface area (Å²) in [5.41, 5.74) is 3.10. The Morgan fingerprint density at radius 1 is 1.06 bits per heavy atom. The first kappa shape index (κ1) is 19.8. The number of aromatic amines is 1. The maximum atomic E-state index is 11.4. The number of nitrogens with one attached hydrogen (secondary N) is 2. The number of aromatic nitrogens is 1. The van der Waals surface area contributed by atoms with Crippen molar-refractivity contribution in [1.82, 2.24) is 4.98 Å². The zero-order valence-corrected chi connectivity index (χ0v) is 16.5. The number of anilines is 1. The highest BCUT2D eigenvalue weighted by atomic mass is 16.6. The highest BCUT2D eigenvalue weighted by molar-refractivity contribution is 6.22. The summed E-state index contributed by atoms with van der Waals surface area (Å²) in [6.45, 7) is 1.42. The summed E-state index contributed by atoms with van der Waals surface area (Å²) < 4.78 is 0. The summed E-state index contributed by atoms with van der Waals surface area (Å²) in [7, 11) is 0. The van der Waals surface area contributed by atoms with E-state index >= 15 is 0 Å². The van der Waals surface area contributed by atoms with Crippen molar-refractivity contribution in [2.45, 2.75) is 6.92 Å². The number of nitro benzene ring substituents is 1. The van der Waals surface area contributed by atoms with E-state index in [4.69, 9.17) is 4.99 Å². The lowest BCUT2D eigenvalue weighted by Crippen LogP contribution is -2.05. The molecule has 0 saturated carbocycles. The fourth-order valence-corrected chi connectivity index (χ4v) is 3.37. The molecular formula is C23H18N4O4. The van der Waals surface area contributed by atoms with Crippen LogP contribution in [0.25, 0.3) is 10.9 Å². The second-order valence-electron chi connectivity index (χ2n) is 6.89. The van der Waals surface area contributed by atoms with Gasteiger partial charge in [0.05, 0.1) is 21.9 Å². The number of fused-ring (bicyclic) bond motifs is 1. The van der Waals surface area contributed by atoms with Gasteiger partial charge in [0.2, 0.25) is 5.91 Å². The first-order valence-corrected chi connectivity index (χ1v) is 9.43. The minimum atomic E-state index is -0.483.